The molecule has 0 unspecified atom stereocenters. The smallest absolute Gasteiger partial charge is 0.0991 e. The first-order valence-corrected chi connectivity index (χ1v) is 7.41. The zero-order valence-electron chi connectivity index (χ0n) is 13.5. The minimum Gasteiger partial charge on any atom is -0.378 e. The summed E-state index contributed by atoms with van der Waals surface area (Å²) in [4.78, 5) is 2.08. The second-order valence-electron chi connectivity index (χ2n) is 5.67. The maximum Gasteiger partial charge on any atom is 0.0991 e. The third-order valence-electron chi connectivity index (χ3n) is 3.87. The molecule has 0 bridgehead atoms. The molecule has 0 aliphatic heterocycles. The van der Waals surface area contributed by atoms with Crippen LogP contribution in [0.2, 0.25) is 0 Å². The van der Waals surface area contributed by atoms with Crippen LogP contribution in [-0.4, -0.2) is 23.9 Å². The number of rotatable bonds is 3. The van der Waals surface area contributed by atoms with Gasteiger partial charge in [0.15, 0.2) is 0 Å². The summed E-state index contributed by atoms with van der Waals surface area (Å²) in [6.07, 6.45) is 0. The minimum atomic E-state index is 0.657. The van der Waals surface area contributed by atoms with Crippen LogP contribution in [0, 0.1) is 11.3 Å². The van der Waals surface area contributed by atoms with Crippen LogP contribution in [0.5, 0.6) is 0 Å². The van der Waals surface area contributed by atoms with E-state index < -0.39 is 0 Å². The molecule has 3 aromatic rings. The van der Waals surface area contributed by atoms with Crippen molar-refractivity contribution in [3.05, 3.63) is 60.2 Å². The molecule has 0 saturated heterocycles. The molecule has 0 fully saturated rings. The SMILES string of the molecule is CN(C)c1ccc(-c2cc(-c3ccc(C#N)cc3)nn2C)cc1. The molecule has 0 spiro atoms. The first-order valence-electron chi connectivity index (χ1n) is 7.41. The highest BCUT2D eigenvalue weighted by Gasteiger charge is 2.09. The lowest BCUT2D eigenvalue weighted by molar-refractivity contribution is 0.779. The fourth-order valence-electron chi connectivity index (χ4n) is 2.52. The number of aryl methyl sites for hydroxylation is 1. The van der Waals surface area contributed by atoms with Crippen molar-refractivity contribution >= 4 is 5.69 Å². The molecule has 1 heterocycles. The molecule has 0 aliphatic carbocycles. The number of anilines is 1. The summed E-state index contributed by atoms with van der Waals surface area (Å²) >= 11 is 0. The van der Waals surface area contributed by atoms with Crippen LogP contribution in [0.1, 0.15) is 5.56 Å². The minimum absolute atomic E-state index is 0.657. The molecule has 3 rings (SSSR count). The van der Waals surface area contributed by atoms with E-state index >= 15 is 0 Å². The summed E-state index contributed by atoms with van der Waals surface area (Å²) < 4.78 is 1.89. The van der Waals surface area contributed by atoms with Gasteiger partial charge >= 0.3 is 0 Å². The number of hydrogen-bond acceptors (Lipinski definition) is 3. The fraction of sp³-hybridized carbons (Fsp3) is 0.158. The Morgan fingerprint density at radius 2 is 1.57 bits per heavy atom. The first kappa shape index (κ1) is 14.9. The Morgan fingerprint density at radius 1 is 0.957 bits per heavy atom. The largest absolute Gasteiger partial charge is 0.378 e. The highest BCUT2D eigenvalue weighted by atomic mass is 15.3. The molecule has 2 aromatic carbocycles. The molecule has 0 amide bonds. The van der Waals surface area contributed by atoms with E-state index in [0.29, 0.717) is 5.56 Å². The Labute approximate surface area is 136 Å². The third kappa shape index (κ3) is 2.95. The van der Waals surface area contributed by atoms with Crippen molar-refractivity contribution in [2.75, 3.05) is 19.0 Å². The van der Waals surface area contributed by atoms with E-state index in [0.717, 1.165) is 22.5 Å². The van der Waals surface area contributed by atoms with Crippen LogP contribution in [0.4, 0.5) is 5.69 Å². The maximum absolute atomic E-state index is 8.88. The van der Waals surface area contributed by atoms with Crippen molar-refractivity contribution in [3.8, 4) is 28.6 Å². The van der Waals surface area contributed by atoms with Gasteiger partial charge < -0.3 is 4.90 Å². The van der Waals surface area contributed by atoms with Gasteiger partial charge in [-0.05, 0) is 35.9 Å². The van der Waals surface area contributed by atoms with Crippen molar-refractivity contribution in [1.29, 1.82) is 5.26 Å². The second kappa shape index (κ2) is 5.98. The highest BCUT2D eigenvalue weighted by molar-refractivity contribution is 5.70. The van der Waals surface area contributed by atoms with Gasteiger partial charge in [0.2, 0.25) is 0 Å². The quantitative estimate of drug-likeness (QED) is 0.741. The van der Waals surface area contributed by atoms with E-state index in [-0.39, 0.29) is 0 Å². The molecule has 0 aliphatic rings. The van der Waals surface area contributed by atoms with Gasteiger partial charge in [-0.3, -0.25) is 4.68 Å². The summed E-state index contributed by atoms with van der Waals surface area (Å²) in [6, 6.07) is 20.1. The van der Waals surface area contributed by atoms with E-state index in [9.17, 15) is 0 Å². The van der Waals surface area contributed by atoms with Crippen LogP contribution in [0.25, 0.3) is 22.5 Å². The average Bonchev–Trinajstić information content (AvgIpc) is 2.97. The Kier molecular flexibility index (Phi) is 3.86. The highest BCUT2D eigenvalue weighted by Crippen LogP contribution is 2.27. The fourth-order valence-corrected chi connectivity index (χ4v) is 2.52. The van der Waals surface area contributed by atoms with E-state index in [1.807, 2.05) is 50.1 Å². The molecule has 114 valence electrons. The van der Waals surface area contributed by atoms with Crippen molar-refractivity contribution in [2.45, 2.75) is 0 Å². The van der Waals surface area contributed by atoms with Crippen molar-refractivity contribution in [1.82, 2.24) is 9.78 Å². The lowest BCUT2D eigenvalue weighted by Gasteiger charge is -2.12. The summed E-state index contributed by atoms with van der Waals surface area (Å²) in [5.74, 6) is 0. The topological polar surface area (TPSA) is 44.9 Å². The van der Waals surface area contributed by atoms with Gasteiger partial charge in [0.25, 0.3) is 0 Å². The van der Waals surface area contributed by atoms with Crippen molar-refractivity contribution in [2.24, 2.45) is 7.05 Å². The molecule has 0 radical (unpaired) electrons. The lowest BCUT2D eigenvalue weighted by atomic mass is 10.1. The van der Waals surface area contributed by atoms with E-state index in [1.165, 1.54) is 5.69 Å². The molecular formula is C19H18N4. The Bertz CT molecular complexity index is 850. The van der Waals surface area contributed by atoms with E-state index in [4.69, 9.17) is 5.26 Å². The Balaban J connectivity index is 1.95. The summed E-state index contributed by atoms with van der Waals surface area (Å²) in [7, 11) is 6.01. The summed E-state index contributed by atoms with van der Waals surface area (Å²) in [5, 5.41) is 13.5. The number of nitrogens with zero attached hydrogens (tertiary/aromatic N) is 4. The molecule has 0 saturated carbocycles. The van der Waals surface area contributed by atoms with Gasteiger partial charge in [-0.2, -0.15) is 10.4 Å². The molecule has 0 N–H and O–H groups in total. The first-order chi connectivity index (χ1) is 11.1. The number of benzene rings is 2. The zero-order valence-corrected chi connectivity index (χ0v) is 13.5. The van der Waals surface area contributed by atoms with Crippen LogP contribution in [0.15, 0.2) is 54.6 Å². The second-order valence-corrected chi connectivity index (χ2v) is 5.67. The van der Waals surface area contributed by atoms with E-state index in [2.05, 4.69) is 46.4 Å². The molecule has 4 nitrogen and oxygen atoms in total. The summed E-state index contributed by atoms with van der Waals surface area (Å²) in [5.41, 5.74) is 5.94. The number of nitriles is 1. The number of hydrogen-bond donors (Lipinski definition) is 0. The van der Waals surface area contributed by atoms with Crippen LogP contribution in [-0.2, 0) is 7.05 Å². The standard InChI is InChI=1S/C19H18N4/c1-22(2)17-10-8-16(9-11-17)19-12-18(21-23(19)3)15-6-4-14(13-20)5-7-15/h4-12H,1-3H3. The Morgan fingerprint density at radius 3 is 2.13 bits per heavy atom. The molecular weight excluding hydrogens is 284 g/mol. The van der Waals surface area contributed by atoms with Crippen LogP contribution in [0.3, 0.4) is 0 Å². The van der Waals surface area contributed by atoms with Gasteiger partial charge in [0.05, 0.1) is 23.0 Å². The normalized spacial score (nSPS) is 10.3. The molecule has 0 atom stereocenters. The lowest BCUT2D eigenvalue weighted by Crippen LogP contribution is -2.08. The molecule has 1 aromatic heterocycles. The van der Waals surface area contributed by atoms with Gasteiger partial charge in [0, 0.05) is 32.4 Å². The zero-order chi connectivity index (χ0) is 16.4. The van der Waals surface area contributed by atoms with Crippen molar-refractivity contribution < 1.29 is 0 Å². The maximum atomic E-state index is 8.88. The predicted molar refractivity (Wildman–Crippen MR) is 93.1 cm³/mol. The van der Waals surface area contributed by atoms with Crippen molar-refractivity contribution in [3.63, 3.8) is 0 Å². The van der Waals surface area contributed by atoms with Crippen LogP contribution >= 0.6 is 0 Å². The van der Waals surface area contributed by atoms with Crippen LogP contribution < -0.4 is 4.90 Å². The monoisotopic (exact) mass is 302 g/mol. The van der Waals surface area contributed by atoms with Gasteiger partial charge in [-0.1, -0.05) is 24.3 Å². The third-order valence-corrected chi connectivity index (χ3v) is 3.87. The predicted octanol–water partition coefficient (Wildman–Crippen LogP) is 3.69. The van der Waals surface area contributed by atoms with Gasteiger partial charge in [0.1, 0.15) is 0 Å². The average molecular weight is 302 g/mol. The van der Waals surface area contributed by atoms with Gasteiger partial charge in [-0.15, -0.1) is 0 Å². The van der Waals surface area contributed by atoms with E-state index in [1.54, 1.807) is 0 Å². The molecule has 4 heteroatoms. The molecule has 23 heavy (non-hydrogen) atoms. The van der Waals surface area contributed by atoms with Gasteiger partial charge in [-0.25, -0.2) is 0 Å². The Hall–Kier alpha value is -3.06. The number of aromatic nitrogens is 2. The summed E-state index contributed by atoms with van der Waals surface area (Å²) in [6.45, 7) is 0.